The van der Waals surface area contributed by atoms with Gasteiger partial charge in [0, 0.05) is 5.56 Å². The molecule has 208 valence electrons. The number of halogens is 3. The van der Waals surface area contributed by atoms with Crippen LogP contribution < -0.4 is 10.4 Å². The predicted octanol–water partition coefficient (Wildman–Crippen LogP) is 2.99. The van der Waals surface area contributed by atoms with Crippen LogP contribution in [0, 0.1) is 11.8 Å². The molecule has 2 N–H and O–H groups in total. The maximum atomic E-state index is 12.5. The second-order valence-electron chi connectivity index (χ2n) is 9.59. The summed E-state index contributed by atoms with van der Waals surface area (Å²) in [6.45, 7) is 2.68. The Kier molecular flexibility index (Phi) is 12.6. The van der Waals surface area contributed by atoms with Crippen molar-refractivity contribution in [1.29, 1.82) is 0 Å². The smallest absolute Gasteiger partial charge is 0.430 e. The third-order valence-electron chi connectivity index (χ3n) is 4.94. The SMILES string of the molecule is CCCCCc1ccc(C#Cc2ccc(C(=O)N[C@H](CC(=O)O)C[N+](C)(C)C)o2)cc1.O=C([O-])C(F)(F)F. The number of unbranched alkanes of at least 4 members (excludes halogenated alkanes) is 2. The number of benzene rings is 1. The molecule has 0 aliphatic rings. The molecule has 1 aromatic heterocycles. The van der Waals surface area contributed by atoms with E-state index in [1.165, 1.54) is 24.8 Å². The number of carbonyl (C=O) groups excluding carboxylic acids is 2. The first-order chi connectivity index (χ1) is 17.6. The number of likely N-dealkylation sites (N-methyl/N-ethyl adjacent to an activating group) is 1. The summed E-state index contributed by atoms with van der Waals surface area (Å²) in [7, 11) is 5.83. The number of furan rings is 1. The summed E-state index contributed by atoms with van der Waals surface area (Å²) in [6, 6.07) is 10.9. The zero-order valence-electron chi connectivity index (χ0n) is 21.9. The molecule has 0 saturated heterocycles. The predicted molar refractivity (Wildman–Crippen MR) is 132 cm³/mol. The monoisotopic (exact) mass is 538 g/mol. The Labute approximate surface area is 220 Å². The van der Waals surface area contributed by atoms with Gasteiger partial charge in [-0.15, -0.1) is 0 Å². The fourth-order valence-corrected chi connectivity index (χ4v) is 3.28. The molecule has 11 heteroatoms. The maximum absolute atomic E-state index is 12.5. The van der Waals surface area contributed by atoms with Crippen LogP contribution in [0.15, 0.2) is 40.8 Å². The Bertz CT molecular complexity index is 1120. The van der Waals surface area contributed by atoms with E-state index in [2.05, 4.69) is 36.2 Å². The average Bonchev–Trinajstić information content (AvgIpc) is 3.26. The van der Waals surface area contributed by atoms with Crippen molar-refractivity contribution in [3.63, 3.8) is 0 Å². The molecule has 0 aliphatic carbocycles. The van der Waals surface area contributed by atoms with Crippen molar-refractivity contribution in [3.8, 4) is 11.8 Å². The molecule has 0 unspecified atom stereocenters. The standard InChI is InChI=1S/C25H32N2O4.C2HF3O2/c1-5-6-7-8-19-9-11-20(12-10-19)13-14-22-15-16-23(31-22)25(30)26-21(17-24(28)29)18-27(2,3)4;3-2(4,5)1(6)7/h9-12,15-16,21H,5-8,17-18H2,1-4H3,(H-,26,28,29,30);(H,6,7)/t21-;/m1./s1. The van der Waals surface area contributed by atoms with Crippen LogP contribution in [0.5, 0.6) is 0 Å². The molecule has 0 spiro atoms. The number of quaternary nitrogens is 1. The molecular weight excluding hydrogens is 505 g/mol. The van der Waals surface area contributed by atoms with Gasteiger partial charge in [0.1, 0.15) is 5.97 Å². The van der Waals surface area contributed by atoms with Crippen LogP contribution in [0.1, 0.15) is 60.0 Å². The number of aryl methyl sites for hydroxylation is 1. The van der Waals surface area contributed by atoms with Gasteiger partial charge in [-0.25, -0.2) is 0 Å². The second-order valence-corrected chi connectivity index (χ2v) is 9.59. The lowest BCUT2D eigenvalue weighted by Gasteiger charge is -2.28. The van der Waals surface area contributed by atoms with E-state index in [1.807, 2.05) is 33.3 Å². The zero-order valence-corrected chi connectivity index (χ0v) is 21.9. The number of alkyl halides is 3. The van der Waals surface area contributed by atoms with Crippen LogP contribution in [0.25, 0.3) is 0 Å². The highest BCUT2D eigenvalue weighted by Gasteiger charge is 2.29. The molecule has 0 aliphatic heterocycles. The van der Waals surface area contributed by atoms with Crippen LogP contribution in [0.2, 0.25) is 0 Å². The quantitative estimate of drug-likeness (QED) is 0.273. The fraction of sp³-hybridized carbons (Fsp3) is 0.444. The van der Waals surface area contributed by atoms with E-state index in [0.29, 0.717) is 16.8 Å². The van der Waals surface area contributed by atoms with Gasteiger partial charge in [0.05, 0.1) is 40.2 Å². The minimum absolute atomic E-state index is 0.118. The van der Waals surface area contributed by atoms with Crippen LogP contribution in [-0.4, -0.2) is 67.3 Å². The summed E-state index contributed by atoms with van der Waals surface area (Å²) >= 11 is 0. The van der Waals surface area contributed by atoms with Gasteiger partial charge >= 0.3 is 12.1 Å². The largest absolute Gasteiger partial charge is 0.542 e. The van der Waals surface area contributed by atoms with Crippen molar-refractivity contribution in [2.45, 2.75) is 51.2 Å². The fourth-order valence-electron chi connectivity index (χ4n) is 3.28. The number of carboxylic acids is 2. The number of amides is 1. The van der Waals surface area contributed by atoms with Gasteiger partial charge in [0.2, 0.25) is 0 Å². The van der Waals surface area contributed by atoms with Gasteiger partial charge in [-0.05, 0) is 48.6 Å². The number of nitrogens with zero attached hydrogens (tertiary/aromatic N) is 1. The van der Waals surface area contributed by atoms with Crippen LogP contribution >= 0.6 is 0 Å². The average molecular weight is 539 g/mol. The van der Waals surface area contributed by atoms with Gasteiger partial charge < -0.3 is 29.2 Å². The Morgan fingerprint density at radius 2 is 1.66 bits per heavy atom. The molecule has 0 saturated carbocycles. The van der Waals surface area contributed by atoms with Gasteiger partial charge in [-0.3, -0.25) is 9.59 Å². The Morgan fingerprint density at radius 1 is 1.05 bits per heavy atom. The van der Waals surface area contributed by atoms with Crippen molar-refractivity contribution in [2.75, 3.05) is 27.7 Å². The van der Waals surface area contributed by atoms with Crippen molar-refractivity contribution in [2.24, 2.45) is 0 Å². The molecule has 1 heterocycles. The van der Waals surface area contributed by atoms with Crippen molar-refractivity contribution in [3.05, 3.63) is 59.0 Å². The van der Waals surface area contributed by atoms with E-state index in [4.69, 9.17) is 19.4 Å². The van der Waals surface area contributed by atoms with Gasteiger partial charge in [0.15, 0.2) is 11.5 Å². The molecule has 38 heavy (non-hydrogen) atoms. The summed E-state index contributed by atoms with van der Waals surface area (Å²) in [5, 5.41) is 20.7. The molecule has 0 radical (unpaired) electrons. The maximum Gasteiger partial charge on any atom is 0.430 e. The van der Waals surface area contributed by atoms with Crippen LogP contribution in [-0.2, 0) is 16.0 Å². The molecule has 2 rings (SSSR count). The summed E-state index contributed by atoms with van der Waals surface area (Å²) < 4.78 is 37.6. The number of hydrogen-bond donors (Lipinski definition) is 2. The highest BCUT2D eigenvalue weighted by molar-refractivity contribution is 5.92. The Morgan fingerprint density at radius 3 is 2.16 bits per heavy atom. The first kappa shape index (κ1) is 32.2. The topological polar surface area (TPSA) is 120 Å². The Balaban J connectivity index is 0.000000905. The lowest BCUT2D eigenvalue weighted by atomic mass is 10.1. The number of hydrogen-bond acceptors (Lipinski definition) is 5. The van der Waals surface area contributed by atoms with Gasteiger partial charge in [-0.1, -0.05) is 37.8 Å². The molecule has 0 bridgehead atoms. The zero-order chi connectivity index (χ0) is 28.9. The highest BCUT2D eigenvalue weighted by atomic mass is 19.4. The lowest BCUT2D eigenvalue weighted by Crippen LogP contribution is -2.49. The van der Waals surface area contributed by atoms with E-state index in [0.717, 1.165) is 12.0 Å². The summed E-state index contributed by atoms with van der Waals surface area (Å²) in [5.41, 5.74) is 2.19. The minimum Gasteiger partial charge on any atom is -0.542 e. The van der Waals surface area contributed by atoms with E-state index in [1.54, 1.807) is 12.1 Å². The molecule has 1 atom stereocenters. The summed E-state index contributed by atoms with van der Waals surface area (Å²) in [5.74, 6) is 2.09. The molecule has 2 aromatic rings. The highest BCUT2D eigenvalue weighted by Crippen LogP contribution is 2.12. The first-order valence-electron chi connectivity index (χ1n) is 11.9. The third-order valence-corrected chi connectivity index (χ3v) is 4.94. The van der Waals surface area contributed by atoms with E-state index in [-0.39, 0.29) is 12.2 Å². The lowest BCUT2D eigenvalue weighted by molar-refractivity contribution is -0.871. The molecule has 1 aromatic carbocycles. The van der Waals surface area contributed by atoms with Crippen molar-refractivity contribution in [1.82, 2.24) is 5.32 Å². The van der Waals surface area contributed by atoms with E-state index >= 15 is 0 Å². The normalized spacial score (nSPS) is 11.9. The Hall–Kier alpha value is -3.78. The van der Waals surface area contributed by atoms with E-state index < -0.39 is 30.1 Å². The van der Waals surface area contributed by atoms with Crippen molar-refractivity contribution >= 4 is 17.8 Å². The molecule has 1 amide bonds. The number of carbonyl (C=O) groups is 3. The van der Waals surface area contributed by atoms with Gasteiger partial charge in [0.25, 0.3) is 5.91 Å². The molecular formula is C27H33F3N2O6. The number of nitrogens with one attached hydrogen (secondary N) is 1. The second kappa shape index (κ2) is 14.8. The third kappa shape index (κ3) is 13.5. The number of aliphatic carboxylic acids is 2. The number of carboxylic acid groups (broad SMARTS) is 2. The van der Waals surface area contributed by atoms with Crippen LogP contribution in [0.4, 0.5) is 13.2 Å². The van der Waals surface area contributed by atoms with Crippen LogP contribution in [0.3, 0.4) is 0 Å². The summed E-state index contributed by atoms with van der Waals surface area (Å²) in [6.07, 6.45) is -0.621. The molecule has 0 fully saturated rings. The van der Waals surface area contributed by atoms with Gasteiger partial charge in [-0.2, -0.15) is 13.2 Å². The summed E-state index contributed by atoms with van der Waals surface area (Å²) in [4.78, 5) is 32.4. The first-order valence-corrected chi connectivity index (χ1v) is 11.9. The minimum atomic E-state index is -5.19. The van der Waals surface area contributed by atoms with E-state index in [9.17, 15) is 22.8 Å². The molecule has 8 nitrogen and oxygen atoms in total. The number of rotatable bonds is 10. The van der Waals surface area contributed by atoms with Crippen molar-refractivity contribution < 1.29 is 46.7 Å².